The van der Waals surface area contributed by atoms with Crippen molar-refractivity contribution in [3.63, 3.8) is 0 Å². The van der Waals surface area contributed by atoms with E-state index in [4.69, 9.17) is 23.7 Å². The summed E-state index contributed by atoms with van der Waals surface area (Å²) in [7, 11) is 0. The molecule has 0 saturated carbocycles. The van der Waals surface area contributed by atoms with Crippen molar-refractivity contribution in [3.05, 3.63) is 144 Å². The lowest BCUT2D eigenvalue weighted by Crippen LogP contribution is -2.58. The number of carbonyl (C=O) groups excluding carboxylic acids is 4. The minimum absolute atomic E-state index is 0.00966. The van der Waals surface area contributed by atoms with Gasteiger partial charge in [0.2, 0.25) is 12.4 Å². The second-order valence-corrected chi connectivity index (χ2v) is 15.6. The molecule has 62 heavy (non-hydrogen) atoms. The summed E-state index contributed by atoms with van der Waals surface area (Å²) in [4.78, 5) is 67.6. The Kier molecular flexibility index (Phi) is 11.9. The van der Waals surface area contributed by atoms with Crippen LogP contribution in [0.2, 0.25) is 0 Å². The molecule has 0 spiro atoms. The summed E-state index contributed by atoms with van der Waals surface area (Å²) in [5.74, 6) is -2.44. The van der Waals surface area contributed by atoms with Crippen LogP contribution in [0.1, 0.15) is 47.9 Å². The first-order chi connectivity index (χ1) is 30.4. The number of nitrogens with one attached hydrogen (secondary N) is 4. The summed E-state index contributed by atoms with van der Waals surface area (Å²) in [5, 5.41) is 3.95. The first-order valence-electron chi connectivity index (χ1n) is 21.0. The number of fused-ring (bicyclic) bond motifs is 4. The molecule has 0 amide bonds. The fraction of sp³-hybridized carbons (Fsp3) is 0.265. The number of rotatable bonds is 16. The van der Waals surface area contributed by atoms with Gasteiger partial charge in [-0.3, -0.25) is 19.2 Å². The van der Waals surface area contributed by atoms with Crippen LogP contribution in [-0.2, 0) is 68.5 Å². The van der Waals surface area contributed by atoms with E-state index < -0.39 is 48.5 Å². The number of esters is 4. The third kappa shape index (κ3) is 8.98. The van der Waals surface area contributed by atoms with E-state index in [0.29, 0.717) is 25.7 Å². The first kappa shape index (κ1) is 40.3. The van der Waals surface area contributed by atoms with Crippen molar-refractivity contribution in [2.75, 3.05) is 6.61 Å². The molecule has 8 aromatic rings. The average molecular weight is 835 g/mol. The minimum Gasteiger partial charge on any atom is -0.456 e. The van der Waals surface area contributed by atoms with Gasteiger partial charge in [-0.05, 0) is 72.2 Å². The number of ether oxygens (including phenoxy) is 5. The SMILES string of the molecule is O=C(CCc1c[nH]c2ccccc12)OC1OC[C@@H](OC(=O)CCc2c[nH]c3ccccc23)[C@H](OC(=O)CCc2c[nH]c3ccccc23)[C@H]1OC(=O)CCc1c[nH]c2ccccc12. The van der Waals surface area contributed by atoms with Crippen LogP contribution < -0.4 is 0 Å². The van der Waals surface area contributed by atoms with Crippen LogP contribution in [0, 0.1) is 0 Å². The van der Waals surface area contributed by atoms with Gasteiger partial charge < -0.3 is 43.6 Å². The predicted octanol–water partition coefficient (Wildman–Crippen LogP) is 8.08. The van der Waals surface area contributed by atoms with Gasteiger partial charge in [-0.15, -0.1) is 0 Å². The van der Waals surface area contributed by atoms with Crippen molar-refractivity contribution in [3.8, 4) is 0 Å². The minimum atomic E-state index is -1.46. The molecular formula is C49H46N4O9. The third-order valence-electron chi connectivity index (χ3n) is 11.5. The number of carbonyl (C=O) groups is 4. The summed E-state index contributed by atoms with van der Waals surface area (Å²) in [5.41, 5.74) is 7.49. The fourth-order valence-corrected chi connectivity index (χ4v) is 8.35. The highest BCUT2D eigenvalue weighted by molar-refractivity contribution is 5.86. The Morgan fingerprint density at radius 3 is 1.15 bits per heavy atom. The number of aromatic amines is 4. The number of H-pyrrole nitrogens is 4. The van der Waals surface area contributed by atoms with Gasteiger partial charge >= 0.3 is 23.9 Å². The van der Waals surface area contributed by atoms with E-state index in [1.807, 2.05) is 122 Å². The Balaban J connectivity index is 0.946. The van der Waals surface area contributed by atoms with Crippen molar-refractivity contribution in [1.82, 2.24) is 19.9 Å². The number of aromatic nitrogens is 4. The molecule has 0 bridgehead atoms. The Hall–Kier alpha value is -7.12. The molecule has 4 atom stereocenters. The van der Waals surface area contributed by atoms with Gasteiger partial charge in [0.05, 0.1) is 6.61 Å². The Morgan fingerprint density at radius 1 is 0.435 bits per heavy atom. The largest absolute Gasteiger partial charge is 0.456 e. The number of benzene rings is 4. The average Bonchev–Trinajstić information content (AvgIpc) is 4.10. The van der Waals surface area contributed by atoms with E-state index in [2.05, 4.69) is 19.9 Å². The van der Waals surface area contributed by atoms with Crippen LogP contribution in [0.4, 0.5) is 0 Å². The molecule has 0 radical (unpaired) electrons. The number of hydrogen-bond acceptors (Lipinski definition) is 9. The predicted molar refractivity (Wildman–Crippen MR) is 232 cm³/mol. The van der Waals surface area contributed by atoms with E-state index in [0.717, 1.165) is 65.9 Å². The molecule has 13 heteroatoms. The van der Waals surface area contributed by atoms with Crippen LogP contribution in [0.25, 0.3) is 43.6 Å². The Bertz CT molecular complexity index is 2670. The van der Waals surface area contributed by atoms with Gasteiger partial charge in [-0.25, -0.2) is 0 Å². The molecule has 13 nitrogen and oxygen atoms in total. The molecule has 1 saturated heterocycles. The van der Waals surface area contributed by atoms with Gasteiger partial charge in [-0.1, -0.05) is 72.8 Å². The molecule has 4 aromatic heterocycles. The van der Waals surface area contributed by atoms with E-state index in [1.165, 1.54) is 0 Å². The highest BCUT2D eigenvalue weighted by atomic mass is 16.7. The zero-order valence-electron chi connectivity index (χ0n) is 33.9. The topological polar surface area (TPSA) is 178 Å². The lowest BCUT2D eigenvalue weighted by Gasteiger charge is -2.40. The van der Waals surface area contributed by atoms with Crippen LogP contribution in [0.15, 0.2) is 122 Å². The van der Waals surface area contributed by atoms with Crippen LogP contribution >= 0.6 is 0 Å². The molecule has 4 aromatic carbocycles. The molecule has 1 aliphatic rings. The molecule has 316 valence electrons. The smallest absolute Gasteiger partial charge is 0.308 e. The maximum atomic E-state index is 13.8. The standard InChI is InChI=1S/C49H46N4O9/c54-43(21-17-30-25-50-38-13-5-1-9-34(30)38)59-42-29-58-49(62-46(57)24-20-33-28-53-41-16-8-4-12-37(33)41)48(61-45(56)23-19-32-27-52-40-15-7-3-11-36(32)40)47(42)60-44(55)22-18-31-26-51-39-14-6-2-10-35(31)39/h1-16,25-28,42,47-53H,17-24,29H2/t42-,47+,48-,49?/m1/s1. The molecule has 5 heterocycles. The third-order valence-corrected chi connectivity index (χ3v) is 11.5. The molecule has 0 aliphatic carbocycles. The zero-order chi connectivity index (χ0) is 42.4. The molecule has 1 fully saturated rings. The van der Waals surface area contributed by atoms with Gasteiger partial charge in [0.1, 0.15) is 0 Å². The lowest BCUT2D eigenvalue weighted by atomic mass is 10.0. The van der Waals surface area contributed by atoms with E-state index in [1.54, 1.807) is 0 Å². The second-order valence-electron chi connectivity index (χ2n) is 15.6. The number of hydrogen-bond donors (Lipinski definition) is 4. The second kappa shape index (κ2) is 18.2. The van der Waals surface area contributed by atoms with Gasteiger partial charge in [-0.2, -0.15) is 0 Å². The van der Waals surface area contributed by atoms with Crippen molar-refractivity contribution in [2.24, 2.45) is 0 Å². The first-order valence-corrected chi connectivity index (χ1v) is 21.0. The van der Waals surface area contributed by atoms with Crippen LogP contribution in [-0.4, -0.2) is 75.0 Å². The molecule has 9 rings (SSSR count). The van der Waals surface area contributed by atoms with Crippen molar-refractivity contribution < 1.29 is 42.9 Å². The van der Waals surface area contributed by atoms with Gasteiger partial charge in [0, 0.05) is 94.1 Å². The fourth-order valence-electron chi connectivity index (χ4n) is 8.35. The normalized spacial score (nSPS) is 17.7. The summed E-state index contributed by atoms with van der Waals surface area (Å²) in [6, 6.07) is 31.1. The van der Waals surface area contributed by atoms with Crippen molar-refractivity contribution in [1.29, 1.82) is 0 Å². The number of para-hydroxylation sites is 4. The maximum Gasteiger partial charge on any atom is 0.308 e. The molecule has 1 aliphatic heterocycles. The van der Waals surface area contributed by atoms with E-state index >= 15 is 0 Å². The lowest BCUT2D eigenvalue weighted by molar-refractivity contribution is -0.275. The van der Waals surface area contributed by atoms with Crippen molar-refractivity contribution >= 4 is 67.5 Å². The highest BCUT2D eigenvalue weighted by Gasteiger charge is 2.49. The molecule has 1 unspecified atom stereocenters. The van der Waals surface area contributed by atoms with Crippen molar-refractivity contribution in [2.45, 2.75) is 76.0 Å². The van der Waals surface area contributed by atoms with Crippen LogP contribution in [0.3, 0.4) is 0 Å². The van der Waals surface area contributed by atoms with Gasteiger partial charge in [0.15, 0.2) is 12.2 Å². The highest BCUT2D eigenvalue weighted by Crippen LogP contribution is 2.29. The summed E-state index contributed by atoms with van der Waals surface area (Å²) >= 11 is 0. The summed E-state index contributed by atoms with van der Waals surface area (Å²) in [6.07, 6.45) is 3.33. The monoisotopic (exact) mass is 834 g/mol. The molecule has 4 N–H and O–H groups in total. The summed E-state index contributed by atoms with van der Waals surface area (Å²) < 4.78 is 30.2. The zero-order valence-corrected chi connectivity index (χ0v) is 33.9. The maximum absolute atomic E-state index is 13.8. The number of aryl methyl sites for hydroxylation is 4. The Morgan fingerprint density at radius 2 is 0.758 bits per heavy atom. The quantitative estimate of drug-likeness (QED) is 0.0554. The Labute approximate surface area is 356 Å². The van der Waals surface area contributed by atoms with E-state index in [9.17, 15) is 19.2 Å². The molecular weight excluding hydrogens is 789 g/mol. The van der Waals surface area contributed by atoms with E-state index in [-0.39, 0.29) is 32.3 Å². The van der Waals surface area contributed by atoms with Gasteiger partial charge in [0.25, 0.3) is 0 Å². The summed E-state index contributed by atoms with van der Waals surface area (Å²) in [6.45, 7) is -0.289. The van der Waals surface area contributed by atoms with Crippen LogP contribution in [0.5, 0.6) is 0 Å².